The number of para-hydroxylation sites is 1. The van der Waals surface area contributed by atoms with Gasteiger partial charge in [0.1, 0.15) is 17.9 Å². The van der Waals surface area contributed by atoms with Crippen LogP contribution in [-0.4, -0.2) is 52.6 Å². The zero-order chi connectivity index (χ0) is 25.8. The molecule has 37 heavy (non-hydrogen) atoms. The molecule has 0 aliphatic heterocycles. The van der Waals surface area contributed by atoms with Crippen molar-refractivity contribution in [1.29, 1.82) is 0 Å². The van der Waals surface area contributed by atoms with Gasteiger partial charge in [0.15, 0.2) is 22.8 Å². The summed E-state index contributed by atoms with van der Waals surface area (Å²) in [5.74, 6) is 1.49. The summed E-state index contributed by atoms with van der Waals surface area (Å²) in [4.78, 5) is 25.0. The fraction of sp³-hybridized carbons (Fsp3) is 0.192. The summed E-state index contributed by atoms with van der Waals surface area (Å²) in [5, 5.41) is 16.1. The van der Waals surface area contributed by atoms with Gasteiger partial charge in [0.25, 0.3) is 5.91 Å². The first-order valence-corrected chi connectivity index (χ1v) is 11.5. The van der Waals surface area contributed by atoms with Gasteiger partial charge in [-0.15, -0.1) is 15.3 Å². The first-order chi connectivity index (χ1) is 18.1. The number of methoxy groups -OCH3 is 1. The zero-order valence-corrected chi connectivity index (χ0v) is 20.1. The van der Waals surface area contributed by atoms with Crippen molar-refractivity contribution in [1.82, 2.24) is 25.1 Å². The Kier molecular flexibility index (Phi) is 6.66. The number of benzene rings is 2. The molecule has 0 saturated carbocycles. The Hall–Kier alpha value is -4.93. The Labute approximate surface area is 210 Å². The second kappa shape index (κ2) is 10.4. The molecule has 5 rings (SSSR count). The monoisotopic (exact) mass is 501 g/mol. The Morgan fingerprint density at radius 2 is 1.89 bits per heavy atom. The van der Waals surface area contributed by atoms with E-state index in [-0.39, 0.29) is 18.7 Å². The van der Waals surface area contributed by atoms with Gasteiger partial charge >= 0.3 is 5.63 Å². The molecule has 0 aliphatic rings. The number of nitrogens with zero attached hydrogens (tertiary/aromatic N) is 4. The Balaban J connectivity index is 1.24. The largest absolute Gasteiger partial charge is 0.497 e. The molecular weight excluding hydrogens is 478 g/mol. The lowest BCUT2D eigenvalue weighted by molar-refractivity contribution is 0.0943. The average Bonchev–Trinajstić information content (AvgIpc) is 3.34. The van der Waals surface area contributed by atoms with Crippen LogP contribution in [0, 0.1) is 0 Å². The van der Waals surface area contributed by atoms with E-state index in [4.69, 9.17) is 18.6 Å². The molecule has 11 heteroatoms. The molecule has 1 amide bonds. The summed E-state index contributed by atoms with van der Waals surface area (Å²) in [6, 6.07) is 17.5. The number of hydrogen-bond acceptors (Lipinski definition) is 9. The van der Waals surface area contributed by atoms with E-state index >= 15 is 0 Å². The van der Waals surface area contributed by atoms with Crippen LogP contribution < -0.4 is 25.2 Å². The Bertz CT molecular complexity index is 1630. The maximum atomic E-state index is 12.6. The van der Waals surface area contributed by atoms with Crippen LogP contribution in [0.4, 0.5) is 0 Å². The van der Waals surface area contributed by atoms with Gasteiger partial charge in [0, 0.05) is 17.0 Å². The number of hydrogen-bond donors (Lipinski definition) is 1. The Morgan fingerprint density at radius 1 is 1.05 bits per heavy atom. The smallest absolute Gasteiger partial charge is 0.349 e. The van der Waals surface area contributed by atoms with Gasteiger partial charge in [0.2, 0.25) is 5.88 Å². The number of amides is 1. The van der Waals surface area contributed by atoms with Gasteiger partial charge in [-0.05, 0) is 49.4 Å². The lowest BCUT2D eigenvalue weighted by Crippen LogP contribution is -2.31. The predicted octanol–water partition coefficient (Wildman–Crippen LogP) is 3.11. The molecule has 188 valence electrons. The SMILES string of the molecule is CCOc1cccc2cc(C(=O)NCCOc3ccc4nnc(-c5ccc(OC)cc5)n4n3)c(=O)oc12. The third kappa shape index (κ3) is 4.92. The number of fused-ring (bicyclic) bond motifs is 2. The number of aromatic nitrogens is 4. The van der Waals surface area contributed by atoms with Gasteiger partial charge in [-0.25, -0.2) is 4.79 Å². The minimum absolute atomic E-state index is 0.102. The first-order valence-electron chi connectivity index (χ1n) is 11.5. The predicted molar refractivity (Wildman–Crippen MR) is 134 cm³/mol. The van der Waals surface area contributed by atoms with Gasteiger partial charge in [0.05, 0.1) is 20.3 Å². The van der Waals surface area contributed by atoms with Gasteiger partial charge in [-0.3, -0.25) is 4.79 Å². The zero-order valence-electron chi connectivity index (χ0n) is 20.1. The minimum atomic E-state index is -0.746. The van der Waals surface area contributed by atoms with Gasteiger partial charge < -0.3 is 23.9 Å². The highest BCUT2D eigenvalue weighted by atomic mass is 16.5. The third-order valence-corrected chi connectivity index (χ3v) is 5.49. The molecule has 0 aliphatic carbocycles. The Morgan fingerprint density at radius 3 is 2.68 bits per heavy atom. The summed E-state index contributed by atoms with van der Waals surface area (Å²) < 4.78 is 23.3. The van der Waals surface area contributed by atoms with Crippen LogP contribution in [0.25, 0.3) is 28.0 Å². The van der Waals surface area contributed by atoms with Crippen molar-refractivity contribution in [3.05, 3.63) is 76.6 Å². The maximum Gasteiger partial charge on any atom is 0.349 e. The molecule has 11 nitrogen and oxygen atoms in total. The van der Waals surface area contributed by atoms with Crippen LogP contribution in [0.2, 0.25) is 0 Å². The van der Waals surface area contributed by atoms with Crippen molar-refractivity contribution in [2.45, 2.75) is 6.92 Å². The van der Waals surface area contributed by atoms with Crippen LogP contribution in [0.1, 0.15) is 17.3 Å². The molecule has 3 heterocycles. The van der Waals surface area contributed by atoms with Crippen LogP contribution in [0.5, 0.6) is 17.4 Å². The standard InChI is InChI=1S/C26H23N5O6/c1-3-35-20-6-4-5-17-15-19(26(33)37-23(17)20)25(32)27-13-14-36-22-12-11-21-28-29-24(31(21)30-22)16-7-9-18(34-2)10-8-16/h4-12,15H,3,13-14H2,1-2H3,(H,27,32). The topological polar surface area (TPSA) is 130 Å². The van der Waals surface area contributed by atoms with Crippen molar-refractivity contribution < 1.29 is 23.4 Å². The van der Waals surface area contributed by atoms with Crippen LogP contribution >= 0.6 is 0 Å². The second-order valence-corrected chi connectivity index (χ2v) is 7.85. The quantitative estimate of drug-likeness (QED) is 0.239. The van der Waals surface area contributed by atoms with Gasteiger partial charge in [-0.1, -0.05) is 12.1 Å². The molecule has 0 saturated heterocycles. The molecule has 3 aromatic heterocycles. The number of carbonyl (C=O) groups is 1. The lowest BCUT2D eigenvalue weighted by atomic mass is 10.1. The summed E-state index contributed by atoms with van der Waals surface area (Å²) in [6.07, 6.45) is 0. The van der Waals surface area contributed by atoms with Crippen LogP contribution in [0.3, 0.4) is 0 Å². The van der Waals surface area contributed by atoms with E-state index in [9.17, 15) is 9.59 Å². The summed E-state index contributed by atoms with van der Waals surface area (Å²) in [7, 11) is 1.60. The first kappa shape index (κ1) is 23.8. The molecule has 5 aromatic rings. The van der Waals surface area contributed by atoms with E-state index in [1.54, 1.807) is 42.0 Å². The molecule has 0 unspecified atom stereocenters. The summed E-state index contributed by atoms with van der Waals surface area (Å²) in [5.41, 5.74) is 0.826. The fourth-order valence-electron chi connectivity index (χ4n) is 3.73. The van der Waals surface area contributed by atoms with E-state index in [0.29, 0.717) is 40.7 Å². The summed E-state index contributed by atoms with van der Waals surface area (Å²) >= 11 is 0. The normalized spacial score (nSPS) is 11.0. The summed E-state index contributed by atoms with van der Waals surface area (Å²) in [6.45, 7) is 2.52. The van der Waals surface area contributed by atoms with Crippen LogP contribution in [0.15, 0.2) is 69.9 Å². The molecule has 0 fully saturated rings. The van der Waals surface area contributed by atoms with Crippen LogP contribution in [-0.2, 0) is 0 Å². The molecule has 0 atom stereocenters. The molecule has 0 radical (unpaired) electrons. The second-order valence-electron chi connectivity index (χ2n) is 7.85. The molecule has 0 bridgehead atoms. The van der Waals surface area contributed by atoms with Gasteiger partial charge in [-0.2, -0.15) is 4.52 Å². The minimum Gasteiger partial charge on any atom is -0.497 e. The highest BCUT2D eigenvalue weighted by molar-refractivity contribution is 5.97. The van der Waals surface area contributed by atoms with E-state index in [0.717, 1.165) is 11.3 Å². The maximum absolute atomic E-state index is 12.6. The fourth-order valence-corrected chi connectivity index (χ4v) is 3.73. The molecule has 2 aromatic carbocycles. The third-order valence-electron chi connectivity index (χ3n) is 5.49. The van der Waals surface area contributed by atoms with E-state index in [1.165, 1.54) is 6.07 Å². The average molecular weight is 501 g/mol. The number of ether oxygens (including phenoxy) is 3. The lowest BCUT2D eigenvalue weighted by Gasteiger charge is -2.09. The highest BCUT2D eigenvalue weighted by Gasteiger charge is 2.16. The number of nitrogens with one attached hydrogen (secondary N) is 1. The molecule has 1 N–H and O–H groups in total. The number of carbonyl (C=O) groups excluding carboxylic acids is 1. The highest BCUT2D eigenvalue weighted by Crippen LogP contribution is 2.25. The van der Waals surface area contributed by atoms with E-state index in [1.807, 2.05) is 31.2 Å². The van der Waals surface area contributed by atoms with Crippen molar-refractivity contribution in [3.8, 4) is 28.8 Å². The molecule has 0 spiro atoms. The van der Waals surface area contributed by atoms with Crippen molar-refractivity contribution in [2.75, 3.05) is 26.9 Å². The van der Waals surface area contributed by atoms with E-state index < -0.39 is 11.5 Å². The number of rotatable bonds is 9. The van der Waals surface area contributed by atoms with Crippen molar-refractivity contribution in [2.24, 2.45) is 0 Å². The van der Waals surface area contributed by atoms with Crippen molar-refractivity contribution in [3.63, 3.8) is 0 Å². The molecular formula is C26H23N5O6. The van der Waals surface area contributed by atoms with E-state index in [2.05, 4.69) is 20.6 Å². The van der Waals surface area contributed by atoms with Crippen molar-refractivity contribution >= 4 is 22.5 Å².